The summed E-state index contributed by atoms with van der Waals surface area (Å²) >= 11 is 1.78. The zero-order valence-corrected chi connectivity index (χ0v) is 9.28. The molecule has 1 atom stereocenters. The van der Waals surface area contributed by atoms with E-state index in [1.807, 2.05) is 12.4 Å². The van der Waals surface area contributed by atoms with Crippen LogP contribution in [0.2, 0.25) is 0 Å². The Kier molecular flexibility index (Phi) is 3.48. The second-order valence-electron chi connectivity index (χ2n) is 3.51. The Hall–Kier alpha value is -1.19. The van der Waals surface area contributed by atoms with Crippen molar-refractivity contribution in [3.63, 3.8) is 0 Å². The Labute approximate surface area is 93.8 Å². The molecule has 0 radical (unpaired) electrons. The highest BCUT2D eigenvalue weighted by Gasteiger charge is 2.11. The number of rotatable bonds is 4. The van der Waals surface area contributed by atoms with Gasteiger partial charge in [-0.05, 0) is 35.6 Å². The molecule has 2 aromatic rings. The van der Waals surface area contributed by atoms with Crippen LogP contribution in [0, 0.1) is 0 Å². The van der Waals surface area contributed by atoms with Crippen LogP contribution in [-0.4, -0.2) is 11.5 Å². The molecule has 0 saturated heterocycles. The lowest BCUT2D eigenvalue weighted by Gasteiger charge is -2.12. The molecule has 78 valence electrons. The maximum atomic E-state index is 5.80. The highest BCUT2D eigenvalue weighted by Crippen LogP contribution is 2.23. The third-order valence-corrected chi connectivity index (χ3v) is 3.50. The highest BCUT2D eigenvalue weighted by atomic mass is 32.1. The molecule has 2 aromatic heterocycles. The molecule has 0 amide bonds. The van der Waals surface area contributed by atoms with E-state index in [0.29, 0.717) is 12.5 Å². The fourth-order valence-electron chi connectivity index (χ4n) is 1.63. The van der Waals surface area contributed by atoms with Crippen molar-refractivity contribution in [1.82, 2.24) is 4.98 Å². The van der Waals surface area contributed by atoms with Gasteiger partial charge in [0.05, 0.1) is 0 Å². The lowest BCUT2D eigenvalue weighted by atomic mass is 9.99. The molecular formula is C12H14N2S. The summed E-state index contributed by atoms with van der Waals surface area (Å²) in [6.45, 7) is 0.697. The minimum atomic E-state index is 0.437. The molecule has 2 nitrogen and oxygen atoms in total. The quantitative estimate of drug-likeness (QED) is 0.856. The molecule has 1 unspecified atom stereocenters. The lowest BCUT2D eigenvalue weighted by Crippen LogP contribution is -2.13. The minimum absolute atomic E-state index is 0.437. The van der Waals surface area contributed by atoms with Crippen LogP contribution in [0.4, 0.5) is 0 Å². The number of aromatic nitrogens is 1. The van der Waals surface area contributed by atoms with Crippen molar-refractivity contribution in [3.05, 3.63) is 52.5 Å². The van der Waals surface area contributed by atoms with E-state index in [0.717, 1.165) is 6.42 Å². The van der Waals surface area contributed by atoms with Crippen LogP contribution in [0.15, 0.2) is 42.0 Å². The highest BCUT2D eigenvalue weighted by molar-refractivity contribution is 7.10. The van der Waals surface area contributed by atoms with Crippen molar-refractivity contribution in [1.29, 1.82) is 0 Å². The van der Waals surface area contributed by atoms with Crippen molar-refractivity contribution in [2.45, 2.75) is 12.3 Å². The van der Waals surface area contributed by atoms with Gasteiger partial charge >= 0.3 is 0 Å². The first-order valence-corrected chi connectivity index (χ1v) is 5.90. The third kappa shape index (κ3) is 2.64. The average Bonchev–Trinajstić information content (AvgIpc) is 2.81. The zero-order chi connectivity index (χ0) is 10.5. The smallest absolute Gasteiger partial charge is 0.0270 e. The van der Waals surface area contributed by atoms with Crippen molar-refractivity contribution in [3.8, 4) is 0 Å². The summed E-state index contributed by atoms with van der Waals surface area (Å²) in [4.78, 5) is 5.38. The van der Waals surface area contributed by atoms with Gasteiger partial charge in [0.1, 0.15) is 0 Å². The van der Waals surface area contributed by atoms with Gasteiger partial charge in [-0.1, -0.05) is 6.07 Å². The van der Waals surface area contributed by atoms with Crippen molar-refractivity contribution >= 4 is 11.3 Å². The molecule has 0 aliphatic carbocycles. The molecule has 0 aliphatic heterocycles. The third-order valence-electron chi connectivity index (χ3n) is 2.46. The average molecular weight is 218 g/mol. The summed E-state index contributed by atoms with van der Waals surface area (Å²) in [5.74, 6) is 0.437. The molecule has 2 heterocycles. The van der Waals surface area contributed by atoms with E-state index in [1.165, 1.54) is 10.4 Å². The SMILES string of the molecule is NCC(Cc1ccncc1)c1cccs1. The monoisotopic (exact) mass is 218 g/mol. The van der Waals surface area contributed by atoms with Gasteiger partial charge in [-0.2, -0.15) is 0 Å². The Morgan fingerprint density at radius 1 is 1.27 bits per heavy atom. The summed E-state index contributed by atoms with van der Waals surface area (Å²) < 4.78 is 0. The second-order valence-corrected chi connectivity index (χ2v) is 4.49. The Morgan fingerprint density at radius 3 is 2.67 bits per heavy atom. The van der Waals surface area contributed by atoms with Gasteiger partial charge in [0.2, 0.25) is 0 Å². The molecule has 0 aromatic carbocycles. The summed E-state index contributed by atoms with van der Waals surface area (Å²) in [7, 11) is 0. The molecule has 2 rings (SSSR count). The predicted molar refractivity (Wildman–Crippen MR) is 64.1 cm³/mol. The van der Waals surface area contributed by atoms with Gasteiger partial charge < -0.3 is 5.73 Å². The number of nitrogens with two attached hydrogens (primary N) is 1. The van der Waals surface area contributed by atoms with Gasteiger partial charge in [0.25, 0.3) is 0 Å². The van der Waals surface area contributed by atoms with Crippen LogP contribution in [0.5, 0.6) is 0 Å². The van der Waals surface area contributed by atoms with Gasteiger partial charge in [-0.15, -0.1) is 11.3 Å². The van der Waals surface area contributed by atoms with E-state index in [-0.39, 0.29) is 0 Å². The van der Waals surface area contributed by atoms with E-state index in [2.05, 4.69) is 34.6 Å². The summed E-state index contributed by atoms with van der Waals surface area (Å²) in [6, 6.07) is 8.34. The Balaban J connectivity index is 2.10. The van der Waals surface area contributed by atoms with Crippen molar-refractivity contribution in [2.75, 3.05) is 6.54 Å². The van der Waals surface area contributed by atoms with E-state index < -0.39 is 0 Å². The van der Waals surface area contributed by atoms with Gasteiger partial charge in [-0.25, -0.2) is 0 Å². The normalized spacial score (nSPS) is 12.6. The molecule has 0 saturated carbocycles. The first kappa shape index (κ1) is 10.3. The number of hydrogen-bond acceptors (Lipinski definition) is 3. The largest absolute Gasteiger partial charge is 0.330 e. The van der Waals surface area contributed by atoms with Crippen LogP contribution in [0.25, 0.3) is 0 Å². The Morgan fingerprint density at radius 2 is 2.07 bits per heavy atom. The van der Waals surface area contributed by atoms with Crippen LogP contribution < -0.4 is 5.73 Å². The lowest BCUT2D eigenvalue weighted by molar-refractivity contribution is 0.706. The van der Waals surface area contributed by atoms with Crippen molar-refractivity contribution < 1.29 is 0 Å². The predicted octanol–water partition coefficient (Wildman–Crippen LogP) is 2.43. The minimum Gasteiger partial charge on any atom is -0.330 e. The van der Waals surface area contributed by atoms with Crippen LogP contribution in [-0.2, 0) is 6.42 Å². The zero-order valence-electron chi connectivity index (χ0n) is 8.47. The molecular weight excluding hydrogens is 204 g/mol. The summed E-state index contributed by atoms with van der Waals surface area (Å²) in [6.07, 6.45) is 4.66. The van der Waals surface area contributed by atoms with Gasteiger partial charge in [-0.3, -0.25) is 4.98 Å². The summed E-state index contributed by atoms with van der Waals surface area (Å²) in [5, 5.41) is 2.10. The van der Waals surface area contributed by atoms with Crippen molar-refractivity contribution in [2.24, 2.45) is 5.73 Å². The Bertz CT molecular complexity index is 383. The molecule has 0 fully saturated rings. The maximum absolute atomic E-state index is 5.80. The molecule has 0 spiro atoms. The molecule has 15 heavy (non-hydrogen) atoms. The molecule has 0 aliphatic rings. The number of hydrogen-bond donors (Lipinski definition) is 1. The number of thiophene rings is 1. The maximum Gasteiger partial charge on any atom is 0.0270 e. The van der Waals surface area contributed by atoms with E-state index in [1.54, 1.807) is 11.3 Å². The fraction of sp³-hybridized carbons (Fsp3) is 0.250. The summed E-state index contributed by atoms with van der Waals surface area (Å²) in [5.41, 5.74) is 7.10. The van der Waals surface area contributed by atoms with Gasteiger partial charge in [0.15, 0.2) is 0 Å². The van der Waals surface area contributed by atoms with E-state index in [4.69, 9.17) is 5.73 Å². The standard InChI is InChI=1S/C12H14N2S/c13-9-11(12-2-1-7-15-12)8-10-3-5-14-6-4-10/h1-7,11H,8-9,13H2. The van der Waals surface area contributed by atoms with Crippen LogP contribution >= 0.6 is 11.3 Å². The topological polar surface area (TPSA) is 38.9 Å². The molecule has 0 bridgehead atoms. The van der Waals surface area contributed by atoms with Crippen LogP contribution in [0.1, 0.15) is 16.4 Å². The first-order valence-electron chi connectivity index (χ1n) is 5.02. The molecule has 3 heteroatoms. The molecule has 2 N–H and O–H groups in total. The van der Waals surface area contributed by atoms with E-state index >= 15 is 0 Å². The number of nitrogens with zero attached hydrogens (tertiary/aromatic N) is 1. The first-order chi connectivity index (χ1) is 7.40. The van der Waals surface area contributed by atoms with Crippen LogP contribution in [0.3, 0.4) is 0 Å². The fourth-order valence-corrected chi connectivity index (χ4v) is 2.47. The second kappa shape index (κ2) is 5.05. The van der Waals surface area contributed by atoms with Gasteiger partial charge in [0, 0.05) is 29.7 Å². The number of pyridine rings is 1. The van der Waals surface area contributed by atoms with E-state index in [9.17, 15) is 0 Å².